The van der Waals surface area contributed by atoms with Gasteiger partial charge < -0.3 is 149 Å². The van der Waals surface area contributed by atoms with Gasteiger partial charge in [0, 0.05) is 0 Å². The normalized spacial score (nSPS) is 51.3. The molecule has 6 aliphatic rings. The molecule has 0 aliphatic carbocycles. The van der Waals surface area contributed by atoms with Crippen LogP contribution in [0.2, 0.25) is 0 Å². The van der Waals surface area contributed by atoms with Crippen molar-refractivity contribution in [2.75, 3.05) is 39.6 Å². The molecule has 0 aromatic heterocycles. The first-order valence-corrected chi connectivity index (χ1v) is 23.2. The van der Waals surface area contributed by atoms with Crippen molar-refractivity contribution >= 4 is 10.4 Å². The van der Waals surface area contributed by atoms with Crippen LogP contribution in [-0.4, -0.2) is 334 Å². The molecule has 6 heterocycles. The van der Waals surface area contributed by atoms with Gasteiger partial charge in [-0.05, 0) is 0 Å². The van der Waals surface area contributed by atoms with Crippen LogP contribution < -0.4 is 0 Å². The summed E-state index contributed by atoms with van der Waals surface area (Å²) in [5.41, 5.74) is 0. The van der Waals surface area contributed by atoms with Gasteiger partial charge in [0.1, 0.15) is 146 Å². The van der Waals surface area contributed by atoms with Crippen LogP contribution in [0.15, 0.2) is 0 Å². The summed E-state index contributed by atoms with van der Waals surface area (Å²) < 4.78 is 97.0. The average molecular weight is 1070 g/mol. The Kier molecular flexibility index (Phi) is 20.6. The van der Waals surface area contributed by atoms with E-state index in [0.717, 1.165) is 0 Å². The summed E-state index contributed by atoms with van der Waals surface area (Å²) in [6.45, 7) is -6.23. The average Bonchev–Trinajstić information content (AvgIpc) is 3.33. The summed E-state index contributed by atoms with van der Waals surface area (Å²) >= 11 is 0. The van der Waals surface area contributed by atoms with Gasteiger partial charge in [-0.1, -0.05) is 0 Å². The van der Waals surface area contributed by atoms with Crippen LogP contribution in [0.5, 0.6) is 0 Å². The summed E-state index contributed by atoms with van der Waals surface area (Å²) in [4.78, 5) is 0. The van der Waals surface area contributed by atoms with Gasteiger partial charge in [-0.3, -0.25) is 4.55 Å². The third-order valence-corrected chi connectivity index (χ3v) is 13.1. The van der Waals surface area contributed by atoms with Crippen molar-refractivity contribution < 1.29 is 166 Å². The van der Waals surface area contributed by atoms with Crippen LogP contribution >= 0.6 is 0 Å². The van der Waals surface area contributed by atoms with E-state index < -0.39 is 234 Å². The van der Waals surface area contributed by atoms with Crippen LogP contribution in [-0.2, 0) is 66.7 Å². The standard InChI is InChI=1S/C36H62O34S/c37-1-7-13(43)26(20(50)32(60-7)65-25-12(6-42)59-31(55)19(49)18(25)48)66-33-21(51)27(14(44)8(2-38)61-33)67-34-22(52)28(15(45)9(3-39)62-34)68-35-23(53)29(16(46)10(4-40)63-35)69-36-24(54)30(70-71(56,57)58)17(47)11(5-41)64-36/h7-55H,1-6H2,(H,56,57,58)/t7-,8-,9-,10-,11-,12-,13+,14+,15+,16+,17+,18-,19-,20-,21-,22-,23-,24-,25-,26+,27+,28+,29+,30+,31?,32+,33+,34+,35+,36+/m1/s1. The van der Waals surface area contributed by atoms with E-state index in [9.17, 15) is 110 Å². The summed E-state index contributed by atoms with van der Waals surface area (Å²) in [7, 11) is -5.39. The molecule has 71 heavy (non-hydrogen) atoms. The van der Waals surface area contributed by atoms with Gasteiger partial charge in [-0.15, -0.1) is 0 Å². The van der Waals surface area contributed by atoms with Crippen molar-refractivity contribution in [2.45, 2.75) is 184 Å². The predicted octanol–water partition coefficient (Wildman–Crippen LogP) is -14.3. The van der Waals surface area contributed by atoms with Gasteiger partial charge in [-0.25, -0.2) is 4.18 Å². The van der Waals surface area contributed by atoms with Crippen LogP contribution in [0.25, 0.3) is 0 Å². The van der Waals surface area contributed by atoms with Crippen molar-refractivity contribution in [3.05, 3.63) is 0 Å². The Morgan fingerprint density at radius 3 is 0.789 bits per heavy atom. The minimum Gasteiger partial charge on any atom is -0.394 e. The fraction of sp³-hybridized carbons (Fsp3) is 1.00. The van der Waals surface area contributed by atoms with Crippen LogP contribution in [0.1, 0.15) is 0 Å². The van der Waals surface area contributed by atoms with Crippen LogP contribution in [0, 0.1) is 0 Å². The Hall–Kier alpha value is -1.33. The number of aliphatic hydroxyl groups excluding tert-OH is 19. The maximum atomic E-state index is 11.6. The Balaban J connectivity index is 1.19. The number of hydrogen-bond donors (Lipinski definition) is 20. The molecule has 0 aromatic carbocycles. The summed E-state index contributed by atoms with van der Waals surface area (Å²) in [6, 6.07) is 0. The van der Waals surface area contributed by atoms with Crippen molar-refractivity contribution in [3.8, 4) is 0 Å². The Morgan fingerprint density at radius 1 is 0.296 bits per heavy atom. The molecule has 1 unspecified atom stereocenters. The van der Waals surface area contributed by atoms with Gasteiger partial charge in [0.05, 0.1) is 39.6 Å². The number of ether oxygens (including phenoxy) is 11. The molecule has 6 fully saturated rings. The minimum absolute atomic E-state index is 0.913. The third-order valence-electron chi connectivity index (χ3n) is 12.6. The second-order valence-corrected chi connectivity index (χ2v) is 18.3. The Bertz CT molecular complexity index is 1760. The molecule has 0 spiro atoms. The fourth-order valence-corrected chi connectivity index (χ4v) is 9.24. The molecule has 0 amide bonds. The fourth-order valence-electron chi connectivity index (χ4n) is 8.73. The van der Waals surface area contributed by atoms with E-state index in [1.54, 1.807) is 0 Å². The molecule has 30 atom stereocenters. The number of hydrogen-bond acceptors (Lipinski definition) is 33. The zero-order chi connectivity index (χ0) is 52.5. The molecule has 6 aliphatic heterocycles. The first kappa shape index (κ1) is 58.9. The second kappa shape index (κ2) is 24.8. The quantitative estimate of drug-likeness (QED) is 0.0567. The van der Waals surface area contributed by atoms with Gasteiger partial charge in [0.15, 0.2) is 37.7 Å². The van der Waals surface area contributed by atoms with Crippen molar-refractivity contribution in [3.63, 3.8) is 0 Å². The number of rotatable bonds is 18. The highest BCUT2D eigenvalue weighted by Gasteiger charge is 2.58. The lowest BCUT2D eigenvalue weighted by atomic mass is 9.95. The largest absolute Gasteiger partial charge is 0.397 e. The third kappa shape index (κ3) is 12.6. The Morgan fingerprint density at radius 2 is 0.535 bits per heavy atom. The molecular formula is C36H62O34S. The summed E-state index contributed by atoms with van der Waals surface area (Å²) in [5, 5.41) is 202. The second-order valence-electron chi connectivity index (χ2n) is 17.3. The molecule has 0 aromatic rings. The van der Waals surface area contributed by atoms with E-state index in [1.807, 2.05) is 0 Å². The first-order chi connectivity index (χ1) is 33.4. The lowest BCUT2D eigenvalue weighted by molar-refractivity contribution is -0.398. The van der Waals surface area contributed by atoms with Gasteiger partial charge >= 0.3 is 10.4 Å². The lowest BCUT2D eigenvalue weighted by Crippen LogP contribution is -2.68. The first-order valence-electron chi connectivity index (χ1n) is 21.8. The van der Waals surface area contributed by atoms with Crippen LogP contribution in [0.4, 0.5) is 0 Å². The van der Waals surface area contributed by atoms with E-state index in [1.165, 1.54) is 0 Å². The topological polar surface area (TPSA) is 550 Å². The smallest absolute Gasteiger partial charge is 0.394 e. The number of aliphatic hydroxyl groups is 19. The van der Waals surface area contributed by atoms with E-state index in [-0.39, 0.29) is 0 Å². The van der Waals surface area contributed by atoms with E-state index >= 15 is 0 Å². The monoisotopic (exact) mass is 1070 g/mol. The minimum atomic E-state index is -5.39. The zero-order valence-electron chi connectivity index (χ0n) is 36.6. The highest BCUT2D eigenvalue weighted by molar-refractivity contribution is 7.80. The van der Waals surface area contributed by atoms with E-state index in [2.05, 4.69) is 4.18 Å². The Labute approximate surface area is 400 Å². The highest BCUT2D eigenvalue weighted by Crippen LogP contribution is 2.37. The molecule has 6 saturated heterocycles. The molecule has 34 nitrogen and oxygen atoms in total. The van der Waals surface area contributed by atoms with Gasteiger partial charge in [-0.2, -0.15) is 8.42 Å². The van der Waals surface area contributed by atoms with Crippen molar-refractivity contribution in [1.29, 1.82) is 0 Å². The predicted molar refractivity (Wildman–Crippen MR) is 210 cm³/mol. The molecule has 0 saturated carbocycles. The summed E-state index contributed by atoms with van der Waals surface area (Å²) in [6.07, 6.45) is -61.4. The van der Waals surface area contributed by atoms with Gasteiger partial charge in [0.2, 0.25) is 0 Å². The molecule has 416 valence electrons. The maximum Gasteiger partial charge on any atom is 0.397 e. The van der Waals surface area contributed by atoms with Gasteiger partial charge in [0.25, 0.3) is 0 Å². The lowest BCUT2D eigenvalue weighted by Gasteiger charge is -2.50. The van der Waals surface area contributed by atoms with Crippen molar-refractivity contribution in [1.82, 2.24) is 0 Å². The molecule has 0 bridgehead atoms. The van der Waals surface area contributed by atoms with Crippen molar-refractivity contribution in [2.24, 2.45) is 0 Å². The molecule has 6 rings (SSSR count). The maximum absolute atomic E-state index is 11.6. The summed E-state index contributed by atoms with van der Waals surface area (Å²) in [5.74, 6) is 0. The molecule has 35 heteroatoms. The van der Waals surface area contributed by atoms with Crippen LogP contribution in [0.3, 0.4) is 0 Å². The van der Waals surface area contributed by atoms with E-state index in [0.29, 0.717) is 0 Å². The highest BCUT2D eigenvalue weighted by atomic mass is 32.3. The zero-order valence-corrected chi connectivity index (χ0v) is 37.4. The van der Waals surface area contributed by atoms with E-state index in [4.69, 9.17) is 52.1 Å². The molecule has 0 radical (unpaired) electrons. The SMILES string of the molecule is O=S(=O)(O)O[C@H]1[C@@H](O)[C@@H](CO)O[C@@H](O[C@H]2[C@@H](O)[C@@H](CO)O[C@@H](O[C@H]3[C@@H](O)[C@@H](CO)O[C@@H](O[C@H]4[C@@H](O)[C@@H](CO)O[C@@H](O[C@H]5[C@@H](O)[C@@H](CO)O[C@@H](O[C@H]6[C@H](O)[C@@H](O)C(O)O[C@@H]6CO)[C@@H]5O)[C@@H]4O)[C@@H]3O)[C@@H]2O)[C@@H]1O. The molecular weight excluding hydrogens is 1010 g/mol. The molecule has 20 N–H and O–H groups in total.